The van der Waals surface area contributed by atoms with Crippen LogP contribution in [0.5, 0.6) is 11.5 Å². The maximum absolute atomic E-state index is 5.52. The first-order valence-corrected chi connectivity index (χ1v) is 6.43. The molecule has 2 aliphatic heterocycles. The van der Waals surface area contributed by atoms with Crippen molar-refractivity contribution in [2.75, 3.05) is 13.3 Å². The first-order valence-electron chi connectivity index (χ1n) is 5.64. The zero-order chi connectivity index (χ0) is 11.0. The third-order valence-corrected chi connectivity index (χ3v) is 3.60. The molecular formula is C12H14BrNO2. The number of halogens is 1. The Morgan fingerprint density at radius 3 is 3.12 bits per heavy atom. The Balaban J connectivity index is 1.87. The summed E-state index contributed by atoms with van der Waals surface area (Å²) in [6, 6.07) is 4.68. The SMILES string of the molecule is Brc1cc(CC2CCCN2)c2c(c1)OCO2. The fourth-order valence-corrected chi connectivity index (χ4v) is 2.88. The lowest BCUT2D eigenvalue weighted by atomic mass is 10.0. The van der Waals surface area contributed by atoms with Gasteiger partial charge in [-0.15, -0.1) is 0 Å². The molecule has 1 fully saturated rings. The van der Waals surface area contributed by atoms with Gasteiger partial charge < -0.3 is 14.8 Å². The van der Waals surface area contributed by atoms with Crippen LogP contribution in [0.1, 0.15) is 18.4 Å². The summed E-state index contributed by atoms with van der Waals surface area (Å²) in [4.78, 5) is 0. The predicted molar refractivity (Wildman–Crippen MR) is 65.0 cm³/mol. The van der Waals surface area contributed by atoms with Crippen LogP contribution in [0.25, 0.3) is 0 Å². The van der Waals surface area contributed by atoms with Gasteiger partial charge in [-0.3, -0.25) is 0 Å². The molecule has 16 heavy (non-hydrogen) atoms. The van der Waals surface area contributed by atoms with E-state index in [0.29, 0.717) is 12.8 Å². The van der Waals surface area contributed by atoms with Gasteiger partial charge in [0.25, 0.3) is 0 Å². The molecule has 0 bridgehead atoms. The second kappa shape index (κ2) is 4.26. The van der Waals surface area contributed by atoms with Gasteiger partial charge in [0.1, 0.15) is 0 Å². The Morgan fingerprint density at radius 1 is 1.38 bits per heavy atom. The predicted octanol–water partition coefficient (Wildman–Crippen LogP) is 2.47. The molecule has 4 heteroatoms. The second-order valence-corrected chi connectivity index (χ2v) is 5.21. The van der Waals surface area contributed by atoms with Gasteiger partial charge in [0, 0.05) is 16.1 Å². The van der Waals surface area contributed by atoms with Gasteiger partial charge >= 0.3 is 0 Å². The normalized spacial score (nSPS) is 22.7. The first-order chi connectivity index (χ1) is 7.83. The van der Waals surface area contributed by atoms with Crippen LogP contribution < -0.4 is 14.8 Å². The van der Waals surface area contributed by atoms with E-state index in [4.69, 9.17) is 9.47 Å². The van der Waals surface area contributed by atoms with Crippen LogP contribution in [0.4, 0.5) is 0 Å². The van der Waals surface area contributed by atoms with Crippen LogP contribution >= 0.6 is 15.9 Å². The van der Waals surface area contributed by atoms with Gasteiger partial charge in [-0.25, -0.2) is 0 Å². The van der Waals surface area contributed by atoms with E-state index in [1.807, 2.05) is 6.07 Å². The van der Waals surface area contributed by atoms with E-state index in [-0.39, 0.29) is 0 Å². The number of benzene rings is 1. The average molecular weight is 284 g/mol. The van der Waals surface area contributed by atoms with Crippen molar-refractivity contribution in [1.82, 2.24) is 5.32 Å². The Morgan fingerprint density at radius 2 is 2.31 bits per heavy atom. The number of nitrogens with one attached hydrogen (secondary N) is 1. The highest BCUT2D eigenvalue weighted by atomic mass is 79.9. The van der Waals surface area contributed by atoms with Crippen LogP contribution in [0.2, 0.25) is 0 Å². The van der Waals surface area contributed by atoms with E-state index in [0.717, 1.165) is 28.9 Å². The molecular weight excluding hydrogens is 270 g/mol. The molecule has 0 radical (unpaired) electrons. The molecule has 1 saturated heterocycles. The number of hydrogen-bond donors (Lipinski definition) is 1. The van der Waals surface area contributed by atoms with Gasteiger partial charge in [0.05, 0.1) is 0 Å². The van der Waals surface area contributed by atoms with Crippen molar-refractivity contribution in [1.29, 1.82) is 0 Å². The second-order valence-electron chi connectivity index (χ2n) is 4.30. The van der Waals surface area contributed by atoms with Crippen LogP contribution in [0.15, 0.2) is 16.6 Å². The van der Waals surface area contributed by atoms with Crippen molar-refractivity contribution in [2.45, 2.75) is 25.3 Å². The summed E-state index contributed by atoms with van der Waals surface area (Å²) in [6.07, 6.45) is 3.55. The molecule has 2 heterocycles. The largest absolute Gasteiger partial charge is 0.454 e. The third-order valence-electron chi connectivity index (χ3n) is 3.14. The first kappa shape index (κ1) is 10.4. The Bertz CT molecular complexity index is 402. The molecule has 0 aliphatic carbocycles. The molecule has 3 nitrogen and oxygen atoms in total. The standard InChI is InChI=1S/C12H14BrNO2/c13-9-4-8(5-10-2-1-3-14-10)12-11(6-9)15-7-16-12/h4,6,10,14H,1-3,5,7H2. The monoisotopic (exact) mass is 283 g/mol. The van der Waals surface area contributed by atoms with Crippen molar-refractivity contribution in [3.8, 4) is 11.5 Å². The quantitative estimate of drug-likeness (QED) is 0.905. The molecule has 3 rings (SSSR count). The Labute approximate surface area is 103 Å². The summed E-state index contributed by atoms with van der Waals surface area (Å²) in [6.45, 7) is 1.48. The van der Waals surface area contributed by atoms with E-state index in [2.05, 4.69) is 27.3 Å². The fraction of sp³-hybridized carbons (Fsp3) is 0.500. The van der Waals surface area contributed by atoms with E-state index in [9.17, 15) is 0 Å². The van der Waals surface area contributed by atoms with Gasteiger partial charge in [-0.2, -0.15) is 0 Å². The molecule has 1 aromatic carbocycles. The van der Waals surface area contributed by atoms with Gasteiger partial charge in [-0.05, 0) is 37.9 Å². The molecule has 2 aliphatic rings. The zero-order valence-corrected chi connectivity index (χ0v) is 10.5. The highest BCUT2D eigenvalue weighted by Gasteiger charge is 2.22. The van der Waals surface area contributed by atoms with Gasteiger partial charge in [-0.1, -0.05) is 15.9 Å². The van der Waals surface area contributed by atoms with E-state index < -0.39 is 0 Å². The Hall–Kier alpha value is -0.740. The van der Waals surface area contributed by atoms with E-state index in [1.54, 1.807) is 0 Å². The lowest BCUT2D eigenvalue weighted by Gasteiger charge is -2.12. The van der Waals surface area contributed by atoms with Crippen LogP contribution in [-0.2, 0) is 6.42 Å². The van der Waals surface area contributed by atoms with Crippen LogP contribution in [-0.4, -0.2) is 19.4 Å². The number of ether oxygens (including phenoxy) is 2. The van der Waals surface area contributed by atoms with Crippen molar-refractivity contribution < 1.29 is 9.47 Å². The zero-order valence-electron chi connectivity index (χ0n) is 8.96. The van der Waals surface area contributed by atoms with Crippen molar-refractivity contribution in [3.63, 3.8) is 0 Å². The lowest BCUT2D eigenvalue weighted by Crippen LogP contribution is -2.23. The number of fused-ring (bicyclic) bond motifs is 1. The van der Waals surface area contributed by atoms with Crippen molar-refractivity contribution in [2.24, 2.45) is 0 Å². The van der Waals surface area contributed by atoms with E-state index >= 15 is 0 Å². The number of rotatable bonds is 2. The van der Waals surface area contributed by atoms with E-state index in [1.165, 1.54) is 18.4 Å². The molecule has 1 atom stereocenters. The molecule has 1 unspecified atom stereocenters. The third kappa shape index (κ3) is 1.92. The Kier molecular flexibility index (Phi) is 2.77. The molecule has 1 N–H and O–H groups in total. The van der Waals surface area contributed by atoms with Crippen molar-refractivity contribution >= 4 is 15.9 Å². The highest BCUT2D eigenvalue weighted by Crippen LogP contribution is 2.39. The fourth-order valence-electron chi connectivity index (χ4n) is 2.39. The van der Waals surface area contributed by atoms with Crippen molar-refractivity contribution in [3.05, 3.63) is 22.2 Å². The molecule has 1 aromatic rings. The summed E-state index contributed by atoms with van der Waals surface area (Å²) >= 11 is 3.51. The maximum Gasteiger partial charge on any atom is 0.231 e. The summed E-state index contributed by atoms with van der Waals surface area (Å²) in [7, 11) is 0. The molecule has 0 aromatic heterocycles. The topological polar surface area (TPSA) is 30.5 Å². The minimum atomic E-state index is 0.344. The average Bonchev–Trinajstić information content (AvgIpc) is 2.87. The van der Waals surface area contributed by atoms with Gasteiger partial charge in [0.15, 0.2) is 11.5 Å². The molecule has 0 amide bonds. The summed E-state index contributed by atoms with van der Waals surface area (Å²) in [5.74, 6) is 1.79. The number of hydrogen-bond acceptors (Lipinski definition) is 3. The lowest BCUT2D eigenvalue weighted by molar-refractivity contribution is 0.173. The summed E-state index contributed by atoms with van der Waals surface area (Å²) in [5, 5.41) is 3.50. The van der Waals surface area contributed by atoms with Crippen LogP contribution in [0.3, 0.4) is 0 Å². The minimum Gasteiger partial charge on any atom is -0.454 e. The summed E-state index contributed by atoms with van der Waals surface area (Å²) < 4.78 is 12.0. The molecule has 0 spiro atoms. The maximum atomic E-state index is 5.52. The molecule has 86 valence electrons. The summed E-state index contributed by atoms with van der Waals surface area (Å²) in [5.41, 5.74) is 1.24. The van der Waals surface area contributed by atoms with Crippen LogP contribution in [0, 0.1) is 0 Å². The smallest absolute Gasteiger partial charge is 0.231 e. The molecule has 0 saturated carbocycles. The highest BCUT2D eigenvalue weighted by molar-refractivity contribution is 9.10. The van der Waals surface area contributed by atoms with Gasteiger partial charge in [0.2, 0.25) is 6.79 Å². The minimum absolute atomic E-state index is 0.344.